The van der Waals surface area contributed by atoms with Crippen molar-refractivity contribution in [3.05, 3.63) is 22.4 Å². The number of nitrogens with one attached hydrogen (secondary N) is 1. The Morgan fingerprint density at radius 1 is 1.47 bits per heavy atom. The summed E-state index contributed by atoms with van der Waals surface area (Å²) in [4.78, 5) is 13.3. The number of carbonyl (C=O) groups is 1. The number of rotatable bonds is 5. The van der Waals surface area contributed by atoms with Gasteiger partial charge in [0.05, 0.1) is 18.1 Å². The Morgan fingerprint density at radius 3 is 2.79 bits per heavy atom. The Balaban J connectivity index is 1.89. The van der Waals surface area contributed by atoms with Gasteiger partial charge in [-0.2, -0.15) is 0 Å². The number of hydrogen-bond acceptors (Lipinski definition) is 3. The van der Waals surface area contributed by atoms with Crippen molar-refractivity contribution in [2.24, 2.45) is 0 Å². The summed E-state index contributed by atoms with van der Waals surface area (Å²) in [5.41, 5.74) is -0.768. The molecule has 2 N–H and O–H groups in total. The second kappa shape index (κ2) is 6.53. The molecule has 0 aromatic carbocycles. The fourth-order valence-corrected chi connectivity index (χ4v) is 3.66. The van der Waals surface area contributed by atoms with Gasteiger partial charge in [0.1, 0.15) is 0 Å². The van der Waals surface area contributed by atoms with Crippen LogP contribution in [-0.4, -0.2) is 16.6 Å². The van der Waals surface area contributed by atoms with Crippen LogP contribution in [0.5, 0.6) is 0 Å². The largest absolute Gasteiger partial charge is 0.389 e. The molecule has 19 heavy (non-hydrogen) atoms. The van der Waals surface area contributed by atoms with Crippen molar-refractivity contribution in [3.8, 4) is 0 Å². The van der Waals surface area contributed by atoms with E-state index < -0.39 is 5.60 Å². The van der Waals surface area contributed by atoms with E-state index in [-0.39, 0.29) is 18.4 Å². The Bertz CT molecular complexity index is 396. The van der Waals surface area contributed by atoms with Gasteiger partial charge in [0.15, 0.2) is 0 Å². The molecule has 1 aromatic heterocycles. The highest BCUT2D eigenvalue weighted by atomic mass is 32.1. The lowest BCUT2D eigenvalue weighted by Crippen LogP contribution is -2.39. The van der Waals surface area contributed by atoms with E-state index in [0.29, 0.717) is 0 Å². The van der Waals surface area contributed by atoms with Crippen molar-refractivity contribution in [1.29, 1.82) is 0 Å². The maximum absolute atomic E-state index is 12.1. The lowest BCUT2D eigenvalue weighted by molar-refractivity contribution is -0.128. The van der Waals surface area contributed by atoms with Crippen LogP contribution < -0.4 is 5.32 Å². The number of thiophene rings is 1. The summed E-state index contributed by atoms with van der Waals surface area (Å²) >= 11 is 1.67. The predicted molar refractivity (Wildman–Crippen MR) is 78.1 cm³/mol. The van der Waals surface area contributed by atoms with Crippen molar-refractivity contribution in [2.75, 3.05) is 0 Å². The minimum Gasteiger partial charge on any atom is -0.389 e. The minimum atomic E-state index is -0.768. The molecule has 1 aromatic rings. The van der Waals surface area contributed by atoms with Gasteiger partial charge in [0.2, 0.25) is 5.91 Å². The van der Waals surface area contributed by atoms with E-state index in [2.05, 4.69) is 18.3 Å². The summed E-state index contributed by atoms with van der Waals surface area (Å²) in [6, 6.07) is 4.14. The van der Waals surface area contributed by atoms with Gasteiger partial charge >= 0.3 is 0 Å². The van der Waals surface area contributed by atoms with Crippen LogP contribution in [0.25, 0.3) is 0 Å². The van der Waals surface area contributed by atoms with Gasteiger partial charge in [-0.15, -0.1) is 11.3 Å². The third kappa shape index (κ3) is 4.05. The second-order valence-corrected chi connectivity index (χ2v) is 6.48. The molecule has 0 radical (unpaired) electrons. The number of aliphatic hydroxyl groups is 1. The van der Waals surface area contributed by atoms with Gasteiger partial charge in [0, 0.05) is 4.88 Å². The minimum absolute atomic E-state index is 0.0235. The first kappa shape index (κ1) is 14.5. The van der Waals surface area contributed by atoms with Crippen LogP contribution in [-0.2, 0) is 4.79 Å². The molecule has 1 unspecified atom stereocenters. The Kier molecular flexibility index (Phi) is 4.99. The molecule has 1 aliphatic rings. The highest BCUT2D eigenvalue weighted by molar-refractivity contribution is 7.10. The fourth-order valence-electron chi connectivity index (χ4n) is 2.79. The van der Waals surface area contributed by atoms with Crippen molar-refractivity contribution >= 4 is 17.2 Å². The van der Waals surface area contributed by atoms with Gasteiger partial charge in [-0.1, -0.05) is 32.3 Å². The van der Waals surface area contributed by atoms with Gasteiger partial charge in [0.25, 0.3) is 0 Å². The molecule has 1 heterocycles. The highest BCUT2D eigenvalue weighted by Crippen LogP contribution is 2.31. The van der Waals surface area contributed by atoms with Crippen molar-refractivity contribution in [1.82, 2.24) is 5.32 Å². The third-order valence-corrected chi connectivity index (χ3v) is 4.89. The first-order chi connectivity index (χ1) is 9.13. The van der Waals surface area contributed by atoms with E-state index in [0.717, 1.165) is 32.1 Å². The first-order valence-electron chi connectivity index (χ1n) is 7.18. The molecule has 1 fully saturated rings. The average Bonchev–Trinajstić information content (AvgIpc) is 2.90. The molecule has 2 rings (SSSR count). The topological polar surface area (TPSA) is 49.3 Å². The Labute approximate surface area is 119 Å². The van der Waals surface area contributed by atoms with Gasteiger partial charge in [-0.25, -0.2) is 0 Å². The zero-order valence-corrected chi connectivity index (χ0v) is 12.3. The Morgan fingerprint density at radius 2 is 2.21 bits per heavy atom. The lowest BCUT2D eigenvalue weighted by Gasteiger charge is -2.32. The maximum atomic E-state index is 12.1. The third-order valence-electron chi connectivity index (χ3n) is 3.90. The SMILES string of the molecule is CCC(NC(=O)CC1(O)CCCCC1)c1cccs1. The number of amides is 1. The standard InChI is InChI=1S/C15H23NO2S/c1-2-12(13-7-6-10-19-13)16-14(17)11-15(18)8-4-3-5-9-15/h6-7,10,12,18H,2-5,8-9,11H2,1H3,(H,16,17). The van der Waals surface area contributed by atoms with Crippen LogP contribution in [0.2, 0.25) is 0 Å². The molecule has 1 aliphatic carbocycles. The van der Waals surface area contributed by atoms with Crippen LogP contribution in [0.15, 0.2) is 17.5 Å². The van der Waals surface area contributed by atoms with E-state index in [9.17, 15) is 9.90 Å². The maximum Gasteiger partial charge on any atom is 0.223 e. The van der Waals surface area contributed by atoms with Crippen LogP contribution in [0.4, 0.5) is 0 Å². The zero-order chi connectivity index (χ0) is 13.7. The summed E-state index contributed by atoms with van der Waals surface area (Å²) in [5.74, 6) is -0.0235. The summed E-state index contributed by atoms with van der Waals surface area (Å²) in [6.45, 7) is 2.07. The highest BCUT2D eigenvalue weighted by Gasteiger charge is 2.32. The van der Waals surface area contributed by atoms with E-state index in [1.165, 1.54) is 11.3 Å². The van der Waals surface area contributed by atoms with E-state index in [4.69, 9.17) is 0 Å². The van der Waals surface area contributed by atoms with Gasteiger partial charge in [-0.05, 0) is 30.7 Å². The molecule has 3 nitrogen and oxygen atoms in total. The molecule has 0 spiro atoms. The molecule has 106 valence electrons. The average molecular weight is 281 g/mol. The lowest BCUT2D eigenvalue weighted by atomic mass is 9.82. The molecule has 1 saturated carbocycles. The van der Waals surface area contributed by atoms with E-state index in [1.807, 2.05) is 11.4 Å². The predicted octanol–water partition coefficient (Wildman–Crippen LogP) is 3.40. The number of carbonyl (C=O) groups excluding carboxylic acids is 1. The normalized spacial score (nSPS) is 19.9. The molecule has 4 heteroatoms. The molecule has 0 bridgehead atoms. The van der Waals surface area contributed by atoms with Crippen LogP contribution >= 0.6 is 11.3 Å². The van der Waals surface area contributed by atoms with Crippen LogP contribution in [0.1, 0.15) is 62.8 Å². The molecular formula is C15H23NO2S. The molecule has 1 atom stereocenters. The summed E-state index contributed by atoms with van der Waals surface area (Å²) in [5, 5.41) is 15.5. The summed E-state index contributed by atoms with van der Waals surface area (Å²) < 4.78 is 0. The van der Waals surface area contributed by atoms with Gasteiger partial charge in [-0.3, -0.25) is 4.79 Å². The van der Waals surface area contributed by atoms with Crippen molar-refractivity contribution in [3.63, 3.8) is 0 Å². The Hall–Kier alpha value is -0.870. The molecule has 1 amide bonds. The molecule has 0 saturated heterocycles. The van der Waals surface area contributed by atoms with Crippen LogP contribution in [0, 0.1) is 0 Å². The summed E-state index contributed by atoms with van der Waals surface area (Å²) in [6.07, 6.45) is 5.89. The van der Waals surface area contributed by atoms with Crippen LogP contribution in [0.3, 0.4) is 0 Å². The van der Waals surface area contributed by atoms with E-state index in [1.54, 1.807) is 11.3 Å². The zero-order valence-electron chi connectivity index (χ0n) is 11.5. The monoisotopic (exact) mass is 281 g/mol. The number of hydrogen-bond donors (Lipinski definition) is 2. The molecular weight excluding hydrogens is 258 g/mol. The second-order valence-electron chi connectivity index (χ2n) is 5.51. The summed E-state index contributed by atoms with van der Waals surface area (Å²) in [7, 11) is 0. The van der Waals surface area contributed by atoms with Gasteiger partial charge < -0.3 is 10.4 Å². The quantitative estimate of drug-likeness (QED) is 0.869. The smallest absolute Gasteiger partial charge is 0.223 e. The fraction of sp³-hybridized carbons (Fsp3) is 0.667. The van der Waals surface area contributed by atoms with E-state index >= 15 is 0 Å². The molecule has 0 aliphatic heterocycles. The first-order valence-corrected chi connectivity index (χ1v) is 8.06. The van der Waals surface area contributed by atoms with Crippen molar-refractivity contribution < 1.29 is 9.90 Å². The van der Waals surface area contributed by atoms with Crippen molar-refractivity contribution in [2.45, 2.75) is 63.5 Å².